The number of benzene rings is 2. The summed E-state index contributed by atoms with van der Waals surface area (Å²) >= 11 is 3.49. The van der Waals surface area contributed by atoms with Crippen LogP contribution in [0.25, 0.3) is 10.9 Å². The van der Waals surface area contributed by atoms with Gasteiger partial charge in [-0.2, -0.15) is 5.10 Å². The SMILES string of the molecule is Cc1ccc(N(C)C(=O)Cn2ncc(=O)c3ccccc32)c(Br)c1. The molecule has 0 spiro atoms. The van der Waals surface area contributed by atoms with Crippen molar-refractivity contribution in [1.82, 2.24) is 9.78 Å². The van der Waals surface area contributed by atoms with Crippen LogP contribution >= 0.6 is 15.9 Å². The highest BCUT2D eigenvalue weighted by molar-refractivity contribution is 9.10. The van der Waals surface area contributed by atoms with Crippen LogP contribution in [0, 0.1) is 6.92 Å². The number of rotatable bonds is 3. The molecule has 6 heteroatoms. The molecule has 1 aromatic heterocycles. The summed E-state index contributed by atoms with van der Waals surface area (Å²) in [5.74, 6) is -0.124. The van der Waals surface area contributed by atoms with Gasteiger partial charge in [-0.1, -0.05) is 18.2 Å². The summed E-state index contributed by atoms with van der Waals surface area (Å²) in [5, 5.41) is 4.66. The molecule has 5 nitrogen and oxygen atoms in total. The van der Waals surface area contributed by atoms with Crippen molar-refractivity contribution in [1.29, 1.82) is 0 Å². The van der Waals surface area contributed by atoms with Crippen molar-refractivity contribution in [3.8, 4) is 0 Å². The van der Waals surface area contributed by atoms with E-state index in [0.29, 0.717) is 10.9 Å². The Labute approximate surface area is 147 Å². The van der Waals surface area contributed by atoms with E-state index in [1.807, 2.05) is 31.2 Å². The van der Waals surface area contributed by atoms with E-state index in [1.165, 1.54) is 6.20 Å². The fourth-order valence-electron chi connectivity index (χ4n) is 2.54. The van der Waals surface area contributed by atoms with E-state index < -0.39 is 0 Å². The standard InChI is InChI=1S/C18H16BrN3O2/c1-12-7-8-16(14(19)9-12)21(2)18(24)11-22-15-6-4-3-5-13(15)17(23)10-20-22/h3-10H,11H2,1-2H3. The molecule has 2 aromatic carbocycles. The number of carbonyl (C=O) groups excluding carboxylic acids is 1. The van der Waals surface area contributed by atoms with Crippen LogP contribution in [0.15, 0.2) is 57.9 Å². The number of carbonyl (C=O) groups is 1. The Morgan fingerprint density at radius 3 is 2.75 bits per heavy atom. The summed E-state index contributed by atoms with van der Waals surface area (Å²) in [4.78, 5) is 26.1. The van der Waals surface area contributed by atoms with Crippen LogP contribution in [0.5, 0.6) is 0 Å². The van der Waals surface area contributed by atoms with Gasteiger partial charge >= 0.3 is 0 Å². The number of aromatic nitrogens is 2. The summed E-state index contributed by atoms with van der Waals surface area (Å²) in [6.07, 6.45) is 1.25. The zero-order valence-electron chi connectivity index (χ0n) is 13.4. The highest BCUT2D eigenvalue weighted by Gasteiger charge is 2.15. The van der Waals surface area contributed by atoms with Gasteiger partial charge in [-0.25, -0.2) is 0 Å². The predicted molar refractivity (Wildman–Crippen MR) is 98.3 cm³/mol. The summed E-state index contributed by atoms with van der Waals surface area (Å²) < 4.78 is 2.41. The lowest BCUT2D eigenvalue weighted by Gasteiger charge is -2.20. The number of likely N-dealkylation sites (N-methyl/N-ethyl adjacent to an activating group) is 1. The summed E-state index contributed by atoms with van der Waals surface area (Å²) in [5.41, 5.74) is 2.40. The molecule has 0 saturated heterocycles. The second-order valence-corrected chi connectivity index (χ2v) is 6.45. The Balaban J connectivity index is 1.92. The molecule has 0 aliphatic rings. The third-order valence-corrected chi connectivity index (χ3v) is 4.52. The van der Waals surface area contributed by atoms with Gasteiger partial charge in [0.2, 0.25) is 11.3 Å². The van der Waals surface area contributed by atoms with Crippen molar-refractivity contribution in [2.24, 2.45) is 0 Å². The first-order valence-electron chi connectivity index (χ1n) is 7.45. The third kappa shape index (κ3) is 3.10. The van der Waals surface area contributed by atoms with Gasteiger partial charge in [-0.3, -0.25) is 14.3 Å². The van der Waals surface area contributed by atoms with Crippen molar-refractivity contribution >= 4 is 38.4 Å². The number of amides is 1. The fraction of sp³-hybridized carbons (Fsp3) is 0.167. The van der Waals surface area contributed by atoms with Gasteiger partial charge in [0.25, 0.3) is 0 Å². The number of hydrogen-bond acceptors (Lipinski definition) is 3. The molecule has 0 aliphatic carbocycles. The Morgan fingerprint density at radius 2 is 2.00 bits per heavy atom. The van der Waals surface area contributed by atoms with Crippen molar-refractivity contribution in [3.05, 3.63) is 68.9 Å². The summed E-state index contributed by atoms with van der Waals surface area (Å²) in [6, 6.07) is 13.0. The van der Waals surface area contributed by atoms with Crippen LogP contribution in [-0.2, 0) is 11.3 Å². The highest BCUT2D eigenvalue weighted by atomic mass is 79.9. The van der Waals surface area contributed by atoms with Crippen LogP contribution in [0.2, 0.25) is 0 Å². The lowest BCUT2D eigenvalue weighted by atomic mass is 10.2. The average molecular weight is 386 g/mol. The van der Waals surface area contributed by atoms with Crippen molar-refractivity contribution in [2.45, 2.75) is 13.5 Å². The lowest BCUT2D eigenvalue weighted by molar-refractivity contribution is -0.119. The monoisotopic (exact) mass is 385 g/mol. The van der Waals surface area contributed by atoms with Gasteiger partial charge in [-0.15, -0.1) is 0 Å². The maximum Gasteiger partial charge on any atom is 0.248 e. The Kier molecular flexibility index (Phi) is 4.49. The Morgan fingerprint density at radius 1 is 1.25 bits per heavy atom. The summed E-state index contributed by atoms with van der Waals surface area (Å²) in [7, 11) is 1.72. The molecular formula is C18H16BrN3O2. The number of fused-ring (bicyclic) bond motifs is 1. The van der Waals surface area contributed by atoms with Gasteiger partial charge in [0.15, 0.2) is 0 Å². The predicted octanol–water partition coefficient (Wildman–Crippen LogP) is 3.13. The maximum atomic E-state index is 12.6. The van der Waals surface area contributed by atoms with Crippen LogP contribution in [0.4, 0.5) is 5.69 Å². The first kappa shape index (κ1) is 16.4. The van der Waals surface area contributed by atoms with E-state index in [2.05, 4.69) is 21.0 Å². The van der Waals surface area contributed by atoms with Crippen molar-refractivity contribution < 1.29 is 4.79 Å². The molecule has 0 N–H and O–H groups in total. The van der Waals surface area contributed by atoms with Gasteiger partial charge < -0.3 is 4.90 Å². The minimum absolute atomic E-state index is 0.0532. The quantitative estimate of drug-likeness (QED) is 0.695. The van der Waals surface area contributed by atoms with E-state index >= 15 is 0 Å². The largest absolute Gasteiger partial charge is 0.313 e. The number of hydrogen-bond donors (Lipinski definition) is 0. The molecule has 0 unspecified atom stereocenters. The number of anilines is 1. The van der Waals surface area contributed by atoms with E-state index in [9.17, 15) is 9.59 Å². The normalized spacial score (nSPS) is 10.8. The van der Waals surface area contributed by atoms with Gasteiger partial charge in [0, 0.05) is 16.9 Å². The molecule has 0 aliphatic heterocycles. The van der Waals surface area contributed by atoms with Gasteiger partial charge in [0.1, 0.15) is 6.54 Å². The molecule has 1 heterocycles. The zero-order chi connectivity index (χ0) is 17.3. The van der Waals surface area contributed by atoms with E-state index in [4.69, 9.17) is 0 Å². The second kappa shape index (κ2) is 6.57. The topological polar surface area (TPSA) is 55.2 Å². The number of para-hydroxylation sites is 1. The molecule has 3 rings (SSSR count). The van der Waals surface area contributed by atoms with Crippen LogP contribution in [-0.4, -0.2) is 22.7 Å². The Hall–Kier alpha value is -2.47. The maximum absolute atomic E-state index is 12.6. The minimum Gasteiger partial charge on any atom is -0.313 e. The fourth-order valence-corrected chi connectivity index (χ4v) is 3.30. The smallest absolute Gasteiger partial charge is 0.248 e. The highest BCUT2D eigenvalue weighted by Crippen LogP contribution is 2.26. The lowest BCUT2D eigenvalue weighted by Crippen LogP contribution is -2.31. The minimum atomic E-state index is -0.149. The van der Waals surface area contributed by atoms with Crippen molar-refractivity contribution in [2.75, 3.05) is 11.9 Å². The van der Waals surface area contributed by atoms with E-state index in [-0.39, 0.29) is 17.9 Å². The molecule has 0 fully saturated rings. The van der Waals surface area contributed by atoms with Gasteiger partial charge in [-0.05, 0) is 52.7 Å². The Bertz CT molecular complexity index is 981. The molecule has 0 radical (unpaired) electrons. The first-order valence-corrected chi connectivity index (χ1v) is 8.24. The first-order chi connectivity index (χ1) is 11.5. The molecule has 122 valence electrons. The van der Waals surface area contributed by atoms with E-state index in [1.54, 1.807) is 34.8 Å². The van der Waals surface area contributed by atoms with Gasteiger partial charge in [0.05, 0.1) is 17.4 Å². The second-order valence-electron chi connectivity index (χ2n) is 5.59. The number of nitrogens with zero attached hydrogens (tertiary/aromatic N) is 3. The van der Waals surface area contributed by atoms with E-state index in [0.717, 1.165) is 15.7 Å². The summed E-state index contributed by atoms with van der Waals surface area (Å²) in [6.45, 7) is 2.05. The van der Waals surface area contributed by atoms with Crippen molar-refractivity contribution in [3.63, 3.8) is 0 Å². The molecule has 0 atom stereocenters. The van der Waals surface area contributed by atoms with Crippen LogP contribution in [0.3, 0.4) is 0 Å². The molecular weight excluding hydrogens is 370 g/mol. The number of aryl methyl sites for hydroxylation is 1. The molecule has 24 heavy (non-hydrogen) atoms. The molecule has 0 saturated carbocycles. The molecule has 1 amide bonds. The molecule has 0 bridgehead atoms. The molecule has 3 aromatic rings. The number of halogens is 1. The zero-order valence-corrected chi connectivity index (χ0v) is 14.9. The van der Waals surface area contributed by atoms with Crippen LogP contribution in [0.1, 0.15) is 5.56 Å². The third-order valence-electron chi connectivity index (χ3n) is 3.89. The van der Waals surface area contributed by atoms with Crippen LogP contribution < -0.4 is 10.3 Å². The average Bonchev–Trinajstić information content (AvgIpc) is 2.57.